The maximum atomic E-state index is 13.4. The van der Waals surface area contributed by atoms with Crippen LogP contribution in [0.2, 0.25) is 0 Å². The summed E-state index contributed by atoms with van der Waals surface area (Å²) in [5, 5.41) is 11.4. The first-order chi connectivity index (χ1) is 18.4. The number of carbonyl (C=O) groups is 2. The molecule has 7 heteroatoms. The third kappa shape index (κ3) is 5.23. The van der Waals surface area contributed by atoms with Gasteiger partial charge >= 0.3 is 0 Å². The predicted molar refractivity (Wildman–Crippen MR) is 143 cm³/mol. The molecule has 3 aromatic carbocycles. The Bertz CT molecular complexity index is 1360. The first kappa shape index (κ1) is 25.4. The van der Waals surface area contributed by atoms with E-state index in [-0.39, 0.29) is 17.9 Å². The van der Waals surface area contributed by atoms with Gasteiger partial charge in [-0.3, -0.25) is 9.59 Å². The molecule has 1 atom stereocenters. The lowest BCUT2D eigenvalue weighted by atomic mass is 9.94. The molecule has 0 radical (unpaired) electrons. The summed E-state index contributed by atoms with van der Waals surface area (Å²) in [7, 11) is 0. The fraction of sp³-hybridized carbons (Fsp3) is 0.290. The van der Waals surface area contributed by atoms with Crippen LogP contribution in [-0.4, -0.2) is 41.5 Å². The van der Waals surface area contributed by atoms with Gasteiger partial charge in [0.25, 0.3) is 11.7 Å². The Hall–Kier alpha value is -4.26. The summed E-state index contributed by atoms with van der Waals surface area (Å²) in [6.45, 7) is 5.87. The summed E-state index contributed by atoms with van der Waals surface area (Å²) in [5.74, 6) is 0.548. The van der Waals surface area contributed by atoms with Crippen LogP contribution in [0.25, 0.3) is 5.76 Å². The van der Waals surface area contributed by atoms with Crippen LogP contribution in [0.3, 0.4) is 0 Å². The van der Waals surface area contributed by atoms with Crippen molar-refractivity contribution < 1.29 is 28.9 Å². The molecule has 1 unspecified atom stereocenters. The summed E-state index contributed by atoms with van der Waals surface area (Å²) in [5.41, 5.74) is 1.97. The number of fused-ring (bicyclic) bond motifs is 1. The molecule has 0 spiro atoms. The van der Waals surface area contributed by atoms with E-state index in [0.29, 0.717) is 54.1 Å². The second-order valence-electron chi connectivity index (χ2n) is 9.87. The SMILES string of the molecule is CC(C)CCOc1cccc(C2/C(=C(\O)c3ccc4c(c3)OCCO4)C(=O)C(=O)N2Cc2ccccc2)c1. The first-order valence-electron chi connectivity index (χ1n) is 12.9. The monoisotopic (exact) mass is 513 g/mol. The van der Waals surface area contributed by atoms with Gasteiger partial charge in [0, 0.05) is 12.1 Å². The average molecular weight is 514 g/mol. The number of Topliss-reactive ketones (excluding diaryl/α,β-unsaturated/α-hetero) is 1. The van der Waals surface area contributed by atoms with Crippen molar-refractivity contribution in [1.82, 2.24) is 4.90 Å². The zero-order valence-electron chi connectivity index (χ0n) is 21.6. The highest BCUT2D eigenvalue weighted by molar-refractivity contribution is 6.46. The molecule has 2 heterocycles. The second-order valence-corrected chi connectivity index (χ2v) is 9.87. The molecular formula is C31H31NO6. The second kappa shape index (κ2) is 11.0. The molecule has 196 valence electrons. The topological polar surface area (TPSA) is 85.3 Å². The van der Waals surface area contributed by atoms with Crippen LogP contribution in [0.5, 0.6) is 17.2 Å². The van der Waals surface area contributed by atoms with Crippen molar-refractivity contribution in [3.05, 3.63) is 95.1 Å². The molecule has 1 amide bonds. The Labute approximate surface area is 222 Å². The van der Waals surface area contributed by atoms with Crippen LogP contribution in [-0.2, 0) is 16.1 Å². The van der Waals surface area contributed by atoms with Gasteiger partial charge in [0.15, 0.2) is 11.5 Å². The van der Waals surface area contributed by atoms with Crippen LogP contribution < -0.4 is 14.2 Å². The highest BCUT2D eigenvalue weighted by Crippen LogP contribution is 2.42. The Balaban J connectivity index is 1.57. The third-order valence-corrected chi connectivity index (χ3v) is 6.69. The van der Waals surface area contributed by atoms with Crippen molar-refractivity contribution in [3.63, 3.8) is 0 Å². The van der Waals surface area contributed by atoms with Gasteiger partial charge in [0.2, 0.25) is 0 Å². The summed E-state index contributed by atoms with van der Waals surface area (Å²) in [4.78, 5) is 28.3. The number of likely N-dealkylation sites (tertiary alicyclic amines) is 1. The minimum absolute atomic E-state index is 0.0296. The van der Waals surface area contributed by atoms with E-state index < -0.39 is 17.7 Å². The van der Waals surface area contributed by atoms with Crippen LogP contribution in [0.15, 0.2) is 78.4 Å². The van der Waals surface area contributed by atoms with Crippen LogP contribution in [0, 0.1) is 5.92 Å². The zero-order valence-corrected chi connectivity index (χ0v) is 21.6. The number of rotatable bonds is 8. The molecule has 38 heavy (non-hydrogen) atoms. The van der Waals surface area contributed by atoms with Gasteiger partial charge in [-0.1, -0.05) is 56.3 Å². The van der Waals surface area contributed by atoms with E-state index in [0.717, 1.165) is 12.0 Å². The van der Waals surface area contributed by atoms with Gasteiger partial charge in [0.05, 0.1) is 18.2 Å². The largest absolute Gasteiger partial charge is 0.507 e. The number of benzene rings is 3. The van der Waals surface area contributed by atoms with Crippen LogP contribution in [0.4, 0.5) is 0 Å². The van der Waals surface area contributed by atoms with E-state index in [1.807, 2.05) is 54.6 Å². The lowest BCUT2D eigenvalue weighted by Crippen LogP contribution is -2.29. The standard InChI is InChI=1S/C31H31NO6/c1-20(2)13-14-36-24-10-6-9-22(17-24)28-27(29(33)23-11-12-25-26(18-23)38-16-15-37-25)30(34)31(35)32(28)19-21-7-4-3-5-8-21/h3-12,17-18,20,28,33H,13-16,19H2,1-2H3/b29-27+. The number of hydrogen-bond donors (Lipinski definition) is 1. The highest BCUT2D eigenvalue weighted by Gasteiger charge is 2.46. The zero-order chi connectivity index (χ0) is 26.6. The highest BCUT2D eigenvalue weighted by atomic mass is 16.6. The van der Waals surface area contributed by atoms with Crippen molar-refractivity contribution >= 4 is 17.4 Å². The van der Waals surface area contributed by atoms with Gasteiger partial charge in [-0.2, -0.15) is 0 Å². The Morgan fingerprint density at radius 2 is 1.74 bits per heavy atom. The molecule has 5 rings (SSSR count). The molecule has 3 aromatic rings. The summed E-state index contributed by atoms with van der Waals surface area (Å²) >= 11 is 0. The summed E-state index contributed by atoms with van der Waals surface area (Å²) in [6.07, 6.45) is 0.904. The number of amides is 1. The van der Waals surface area contributed by atoms with Crippen LogP contribution in [0.1, 0.15) is 43.0 Å². The van der Waals surface area contributed by atoms with Crippen molar-refractivity contribution in [3.8, 4) is 17.2 Å². The van der Waals surface area contributed by atoms with Gasteiger partial charge < -0.3 is 24.2 Å². The molecule has 2 aliphatic rings. The lowest BCUT2D eigenvalue weighted by Gasteiger charge is -2.26. The number of hydrogen-bond acceptors (Lipinski definition) is 6. The van der Waals surface area contributed by atoms with E-state index in [1.165, 1.54) is 4.90 Å². The van der Waals surface area contributed by atoms with E-state index in [4.69, 9.17) is 14.2 Å². The van der Waals surface area contributed by atoms with Crippen molar-refractivity contribution in [2.75, 3.05) is 19.8 Å². The Kier molecular flexibility index (Phi) is 7.36. The molecule has 1 saturated heterocycles. The van der Waals surface area contributed by atoms with Crippen molar-refractivity contribution in [1.29, 1.82) is 0 Å². The summed E-state index contributed by atoms with van der Waals surface area (Å²) < 4.78 is 17.2. The van der Waals surface area contributed by atoms with E-state index in [1.54, 1.807) is 18.2 Å². The number of nitrogens with zero attached hydrogens (tertiary/aromatic N) is 1. The van der Waals surface area contributed by atoms with E-state index in [2.05, 4.69) is 13.8 Å². The maximum absolute atomic E-state index is 13.4. The molecule has 0 saturated carbocycles. The van der Waals surface area contributed by atoms with Crippen molar-refractivity contribution in [2.45, 2.75) is 32.9 Å². The number of ether oxygens (including phenoxy) is 3. The van der Waals surface area contributed by atoms with E-state index >= 15 is 0 Å². The van der Waals surface area contributed by atoms with Crippen molar-refractivity contribution in [2.24, 2.45) is 5.92 Å². The average Bonchev–Trinajstić information content (AvgIpc) is 3.18. The van der Waals surface area contributed by atoms with Crippen LogP contribution >= 0.6 is 0 Å². The smallest absolute Gasteiger partial charge is 0.295 e. The van der Waals surface area contributed by atoms with Gasteiger partial charge in [0.1, 0.15) is 24.7 Å². The van der Waals surface area contributed by atoms with Gasteiger partial charge in [-0.15, -0.1) is 0 Å². The fourth-order valence-electron chi connectivity index (χ4n) is 4.70. The predicted octanol–water partition coefficient (Wildman–Crippen LogP) is 5.50. The minimum Gasteiger partial charge on any atom is -0.507 e. The number of aliphatic hydroxyl groups is 1. The molecule has 0 aromatic heterocycles. The Morgan fingerprint density at radius 1 is 0.974 bits per heavy atom. The molecule has 1 N–H and O–H groups in total. The molecule has 1 fully saturated rings. The molecule has 0 aliphatic carbocycles. The van der Waals surface area contributed by atoms with Gasteiger partial charge in [-0.25, -0.2) is 0 Å². The molecule has 7 nitrogen and oxygen atoms in total. The lowest BCUT2D eigenvalue weighted by molar-refractivity contribution is -0.140. The fourth-order valence-corrected chi connectivity index (χ4v) is 4.70. The molecule has 0 bridgehead atoms. The van der Waals surface area contributed by atoms with Gasteiger partial charge in [-0.05, 0) is 53.8 Å². The Morgan fingerprint density at radius 3 is 2.50 bits per heavy atom. The molecular weight excluding hydrogens is 482 g/mol. The first-order valence-corrected chi connectivity index (χ1v) is 12.9. The number of ketones is 1. The van der Waals surface area contributed by atoms with E-state index in [9.17, 15) is 14.7 Å². The quantitative estimate of drug-likeness (QED) is 0.243. The summed E-state index contributed by atoms with van der Waals surface area (Å²) in [6, 6.07) is 21.1. The number of carbonyl (C=O) groups excluding carboxylic acids is 2. The molecule has 2 aliphatic heterocycles. The maximum Gasteiger partial charge on any atom is 0.295 e. The number of aliphatic hydroxyl groups excluding tert-OH is 1. The minimum atomic E-state index is -0.794. The third-order valence-electron chi connectivity index (χ3n) is 6.69. The normalized spacial score (nSPS) is 18.2.